The lowest BCUT2D eigenvalue weighted by atomic mass is 10.2. The van der Waals surface area contributed by atoms with Gasteiger partial charge in [-0.15, -0.1) is 13.2 Å². The van der Waals surface area contributed by atoms with Crippen LogP contribution in [0.3, 0.4) is 0 Å². The summed E-state index contributed by atoms with van der Waals surface area (Å²) in [6.45, 7) is 12.3. The molecule has 0 aliphatic heterocycles. The zero-order valence-electron chi connectivity index (χ0n) is 8.51. The number of hydrogen-bond donors (Lipinski definition) is 0. The van der Waals surface area contributed by atoms with Crippen molar-refractivity contribution in [3.05, 3.63) is 49.1 Å². The first-order valence-electron chi connectivity index (χ1n) is 4.27. The smallest absolute Gasteiger partial charge is 0.0376 e. The molecule has 0 unspecified atom stereocenters. The van der Waals surface area contributed by atoms with Crippen LogP contribution in [0.5, 0.6) is 0 Å². The van der Waals surface area contributed by atoms with Crippen LogP contribution < -0.4 is 0 Å². The quantitative estimate of drug-likeness (QED) is 0.431. The number of hydrogen-bond acceptors (Lipinski definition) is 0. The molecule has 68 valence electrons. The third kappa shape index (κ3) is 11.7. The molecule has 12 heavy (non-hydrogen) atoms. The standard InChI is InChI=1S/C10H16.C2H4/c1-4-6-7-9-10(3)8-5-2;1-2/h5-9H,4H2,1-3H3;1-2H2/b7-6+,8-5-,10-9-;. The maximum atomic E-state index is 3.00. The lowest BCUT2D eigenvalue weighted by Gasteiger charge is -1.84. The van der Waals surface area contributed by atoms with Crippen molar-refractivity contribution in [2.75, 3.05) is 0 Å². The Kier molecular flexibility index (Phi) is 14.2. The minimum Gasteiger partial charge on any atom is -0.106 e. The Labute approximate surface area is 77.0 Å². The van der Waals surface area contributed by atoms with Crippen LogP contribution in [0.4, 0.5) is 0 Å². The first-order valence-corrected chi connectivity index (χ1v) is 4.27. The monoisotopic (exact) mass is 164 g/mol. The van der Waals surface area contributed by atoms with Gasteiger partial charge in [-0.1, -0.05) is 42.9 Å². The molecule has 0 radical (unpaired) electrons. The molecule has 0 aromatic heterocycles. The summed E-state index contributed by atoms with van der Waals surface area (Å²) in [6, 6.07) is 0. The van der Waals surface area contributed by atoms with E-state index < -0.39 is 0 Å². The molecule has 0 heteroatoms. The van der Waals surface area contributed by atoms with Crippen LogP contribution in [-0.4, -0.2) is 0 Å². The van der Waals surface area contributed by atoms with Crippen molar-refractivity contribution in [1.82, 2.24) is 0 Å². The van der Waals surface area contributed by atoms with Crippen LogP contribution >= 0.6 is 0 Å². The van der Waals surface area contributed by atoms with Crippen molar-refractivity contribution >= 4 is 0 Å². The Morgan fingerprint density at radius 2 is 1.92 bits per heavy atom. The molecule has 0 aromatic carbocycles. The van der Waals surface area contributed by atoms with Gasteiger partial charge in [0.1, 0.15) is 0 Å². The second-order valence-electron chi connectivity index (χ2n) is 2.25. The minimum absolute atomic E-state index is 1.11. The zero-order valence-corrected chi connectivity index (χ0v) is 8.51. The van der Waals surface area contributed by atoms with Crippen molar-refractivity contribution in [2.24, 2.45) is 0 Å². The van der Waals surface area contributed by atoms with E-state index in [1.807, 2.05) is 13.0 Å². The van der Waals surface area contributed by atoms with Gasteiger partial charge in [0.15, 0.2) is 0 Å². The van der Waals surface area contributed by atoms with Gasteiger partial charge in [0.05, 0.1) is 0 Å². The van der Waals surface area contributed by atoms with Crippen molar-refractivity contribution in [1.29, 1.82) is 0 Å². The Morgan fingerprint density at radius 3 is 2.33 bits per heavy atom. The lowest BCUT2D eigenvalue weighted by molar-refractivity contribution is 1.22. The number of rotatable bonds is 3. The van der Waals surface area contributed by atoms with Gasteiger partial charge >= 0.3 is 0 Å². The fourth-order valence-corrected chi connectivity index (χ4v) is 0.674. The molecule has 0 spiro atoms. The molecule has 0 atom stereocenters. The van der Waals surface area contributed by atoms with Crippen LogP contribution in [-0.2, 0) is 0 Å². The van der Waals surface area contributed by atoms with E-state index in [0.29, 0.717) is 0 Å². The first kappa shape index (κ1) is 13.5. The van der Waals surface area contributed by atoms with Gasteiger partial charge in [-0.25, -0.2) is 0 Å². The van der Waals surface area contributed by atoms with E-state index >= 15 is 0 Å². The van der Waals surface area contributed by atoms with Crippen LogP contribution in [0.25, 0.3) is 0 Å². The van der Waals surface area contributed by atoms with E-state index in [9.17, 15) is 0 Å². The predicted molar refractivity (Wildman–Crippen MR) is 59.3 cm³/mol. The summed E-state index contributed by atoms with van der Waals surface area (Å²) in [5.74, 6) is 0. The summed E-state index contributed by atoms with van der Waals surface area (Å²) < 4.78 is 0. The van der Waals surface area contributed by atoms with Crippen LogP contribution in [0.1, 0.15) is 27.2 Å². The zero-order chi connectivity index (χ0) is 9.82. The van der Waals surface area contributed by atoms with Crippen LogP contribution in [0, 0.1) is 0 Å². The Bertz CT molecular complexity index is 159. The molecule has 0 heterocycles. The van der Waals surface area contributed by atoms with Gasteiger partial charge in [0.2, 0.25) is 0 Å². The van der Waals surface area contributed by atoms with E-state index in [4.69, 9.17) is 0 Å². The third-order valence-corrected chi connectivity index (χ3v) is 1.16. The van der Waals surface area contributed by atoms with Crippen molar-refractivity contribution in [3.63, 3.8) is 0 Å². The summed E-state index contributed by atoms with van der Waals surface area (Å²) in [5, 5.41) is 0. The average Bonchev–Trinajstić information content (AvgIpc) is 2.09. The third-order valence-electron chi connectivity index (χ3n) is 1.16. The Morgan fingerprint density at radius 1 is 1.33 bits per heavy atom. The highest BCUT2D eigenvalue weighted by molar-refractivity contribution is 5.20. The maximum absolute atomic E-state index is 3.00. The molecule has 0 aliphatic rings. The summed E-state index contributed by atoms with van der Waals surface area (Å²) in [7, 11) is 0. The molecular weight excluding hydrogens is 144 g/mol. The SMILES string of the molecule is C=C.C\C=C/C(C)=C\C=C\CC. The highest BCUT2D eigenvalue weighted by atomic mass is 13.8. The highest BCUT2D eigenvalue weighted by Crippen LogP contribution is 1.94. The molecule has 0 nitrogen and oxygen atoms in total. The van der Waals surface area contributed by atoms with E-state index in [1.54, 1.807) is 0 Å². The highest BCUT2D eigenvalue weighted by Gasteiger charge is 1.73. The topological polar surface area (TPSA) is 0 Å². The molecular formula is C12H20. The van der Waals surface area contributed by atoms with Crippen LogP contribution in [0.15, 0.2) is 49.1 Å². The van der Waals surface area contributed by atoms with E-state index in [2.05, 4.69) is 51.3 Å². The largest absolute Gasteiger partial charge is 0.106 e. The summed E-state index contributed by atoms with van der Waals surface area (Å²) in [4.78, 5) is 0. The molecule has 0 saturated carbocycles. The maximum Gasteiger partial charge on any atom is -0.0376 e. The van der Waals surface area contributed by atoms with E-state index in [0.717, 1.165) is 6.42 Å². The first-order chi connectivity index (χ1) is 5.81. The molecule has 0 aliphatic carbocycles. The van der Waals surface area contributed by atoms with Gasteiger partial charge in [-0.3, -0.25) is 0 Å². The fraction of sp³-hybridized carbons (Fsp3) is 0.333. The molecule has 0 bridgehead atoms. The van der Waals surface area contributed by atoms with Gasteiger partial charge in [-0.2, -0.15) is 0 Å². The molecule has 0 fully saturated rings. The van der Waals surface area contributed by atoms with Crippen LogP contribution in [0.2, 0.25) is 0 Å². The minimum atomic E-state index is 1.11. The molecule has 0 N–H and O–H groups in total. The van der Waals surface area contributed by atoms with E-state index in [1.165, 1.54) is 5.57 Å². The fourth-order valence-electron chi connectivity index (χ4n) is 0.674. The van der Waals surface area contributed by atoms with Crippen molar-refractivity contribution in [3.8, 4) is 0 Å². The predicted octanol–water partition coefficient (Wildman–Crippen LogP) is 4.28. The Hall–Kier alpha value is -1.04. The van der Waals surface area contributed by atoms with Gasteiger partial charge < -0.3 is 0 Å². The second-order valence-corrected chi connectivity index (χ2v) is 2.25. The molecule has 0 saturated heterocycles. The lowest BCUT2D eigenvalue weighted by Crippen LogP contribution is -1.63. The van der Waals surface area contributed by atoms with E-state index in [-0.39, 0.29) is 0 Å². The van der Waals surface area contributed by atoms with Gasteiger partial charge in [0.25, 0.3) is 0 Å². The molecule has 0 rings (SSSR count). The molecule has 0 aromatic rings. The summed E-state index contributed by atoms with van der Waals surface area (Å²) >= 11 is 0. The van der Waals surface area contributed by atoms with Gasteiger partial charge in [0, 0.05) is 0 Å². The van der Waals surface area contributed by atoms with Crippen molar-refractivity contribution < 1.29 is 0 Å². The Balaban J connectivity index is 0. The average molecular weight is 164 g/mol. The molecule has 0 amide bonds. The summed E-state index contributed by atoms with van der Waals surface area (Å²) in [5.41, 5.74) is 1.30. The summed E-state index contributed by atoms with van der Waals surface area (Å²) in [6.07, 6.45) is 11.6. The second kappa shape index (κ2) is 12.6. The van der Waals surface area contributed by atoms with Crippen molar-refractivity contribution in [2.45, 2.75) is 27.2 Å². The normalized spacial score (nSPS) is 11.8. The van der Waals surface area contributed by atoms with Gasteiger partial charge in [-0.05, 0) is 20.3 Å². The number of allylic oxidation sites excluding steroid dienone is 6.